The van der Waals surface area contributed by atoms with Crippen LogP contribution < -0.4 is 4.72 Å². The lowest BCUT2D eigenvalue weighted by Crippen LogP contribution is -2.23. The van der Waals surface area contributed by atoms with E-state index in [0.29, 0.717) is 5.82 Å². The van der Waals surface area contributed by atoms with Crippen LogP contribution in [-0.2, 0) is 16.6 Å². The molecule has 126 valence electrons. The molecule has 0 saturated carbocycles. The molecule has 0 spiro atoms. The average molecular weight is 346 g/mol. The van der Waals surface area contributed by atoms with Crippen LogP contribution in [0.15, 0.2) is 47.9 Å². The summed E-state index contributed by atoms with van der Waals surface area (Å²) in [7, 11) is -3.61. The zero-order chi connectivity index (χ0) is 17.2. The number of aromatic amines is 1. The summed E-state index contributed by atoms with van der Waals surface area (Å²) in [5.74, 6) is 0.637. The fourth-order valence-electron chi connectivity index (χ4n) is 2.18. The van der Waals surface area contributed by atoms with Gasteiger partial charge in [0.15, 0.2) is 5.82 Å². The topological polar surface area (TPSA) is 106 Å². The lowest BCUT2D eigenvalue weighted by atomic mass is 10.1. The van der Waals surface area contributed by atoms with Gasteiger partial charge in [0.1, 0.15) is 11.2 Å². The second kappa shape index (κ2) is 6.54. The summed E-state index contributed by atoms with van der Waals surface area (Å²) in [5.41, 5.74) is 1.67. The maximum atomic E-state index is 12.4. The van der Waals surface area contributed by atoms with Crippen LogP contribution in [0.3, 0.4) is 0 Å². The second-order valence-electron chi connectivity index (χ2n) is 5.61. The molecule has 1 aromatic carbocycles. The largest absolute Gasteiger partial charge is 0.269 e. The first kappa shape index (κ1) is 16.3. The van der Waals surface area contributed by atoms with Crippen molar-refractivity contribution in [3.05, 3.63) is 48.5 Å². The Bertz CT molecular complexity index is 915. The Morgan fingerprint density at radius 2 is 2.17 bits per heavy atom. The van der Waals surface area contributed by atoms with Gasteiger partial charge in [-0.05, 0) is 25.5 Å². The van der Waals surface area contributed by atoms with Crippen molar-refractivity contribution in [1.82, 2.24) is 29.7 Å². The molecule has 0 fully saturated rings. The first-order valence-corrected chi connectivity index (χ1v) is 8.92. The number of rotatable bonds is 6. The Balaban J connectivity index is 1.74. The van der Waals surface area contributed by atoms with Crippen LogP contribution >= 0.6 is 0 Å². The van der Waals surface area contributed by atoms with E-state index in [4.69, 9.17) is 0 Å². The number of nitrogens with one attached hydrogen (secondary N) is 2. The number of H-pyrrole nitrogens is 1. The van der Waals surface area contributed by atoms with Crippen LogP contribution in [-0.4, -0.2) is 33.4 Å². The molecule has 3 aromatic rings. The quantitative estimate of drug-likeness (QED) is 0.707. The summed E-state index contributed by atoms with van der Waals surface area (Å²) in [6.07, 6.45) is 4.31. The van der Waals surface area contributed by atoms with E-state index in [1.165, 1.54) is 18.7 Å². The highest BCUT2D eigenvalue weighted by Gasteiger charge is 2.17. The van der Waals surface area contributed by atoms with Gasteiger partial charge in [0, 0.05) is 24.3 Å². The number of nitrogens with zero attached hydrogens (tertiary/aromatic N) is 4. The smallest absolute Gasteiger partial charge is 0.243 e. The Morgan fingerprint density at radius 3 is 2.83 bits per heavy atom. The van der Waals surface area contributed by atoms with Gasteiger partial charge >= 0.3 is 0 Å². The van der Waals surface area contributed by atoms with Crippen molar-refractivity contribution in [3.63, 3.8) is 0 Å². The Morgan fingerprint density at radius 1 is 1.33 bits per heavy atom. The zero-order valence-corrected chi connectivity index (χ0v) is 14.2. The highest BCUT2D eigenvalue weighted by atomic mass is 32.2. The van der Waals surface area contributed by atoms with E-state index in [0.717, 1.165) is 11.1 Å². The highest BCUT2D eigenvalue weighted by molar-refractivity contribution is 7.89. The molecule has 0 amide bonds. The molecule has 0 aliphatic heterocycles. The van der Waals surface area contributed by atoms with E-state index in [-0.39, 0.29) is 17.5 Å². The third-order valence-corrected chi connectivity index (χ3v) is 4.85. The third-order valence-electron chi connectivity index (χ3n) is 3.50. The van der Waals surface area contributed by atoms with Crippen LogP contribution in [0.1, 0.15) is 25.5 Å². The number of hydrogen-bond acceptors (Lipinski definition) is 5. The summed E-state index contributed by atoms with van der Waals surface area (Å²) in [5, 5.41) is 10.7. The van der Waals surface area contributed by atoms with Crippen molar-refractivity contribution in [3.8, 4) is 11.4 Å². The predicted molar refractivity (Wildman–Crippen MR) is 88.5 cm³/mol. The minimum atomic E-state index is -3.61. The van der Waals surface area contributed by atoms with Gasteiger partial charge < -0.3 is 0 Å². The summed E-state index contributed by atoms with van der Waals surface area (Å²) >= 11 is 0. The van der Waals surface area contributed by atoms with E-state index < -0.39 is 10.0 Å². The van der Waals surface area contributed by atoms with Crippen molar-refractivity contribution in [2.75, 3.05) is 0 Å². The summed E-state index contributed by atoms with van der Waals surface area (Å²) in [6, 6.07) is 7.54. The van der Waals surface area contributed by atoms with E-state index in [1.54, 1.807) is 4.68 Å². The SMILES string of the molecule is CC(C)n1cc(S(=O)(=O)NCc2cccc(-c3ncn[nH]3)c2)cn1. The molecule has 2 aromatic heterocycles. The van der Waals surface area contributed by atoms with Gasteiger partial charge in [0.25, 0.3) is 0 Å². The molecule has 24 heavy (non-hydrogen) atoms. The summed E-state index contributed by atoms with van der Waals surface area (Å²) < 4.78 is 28.9. The molecule has 0 bridgehead atoms. The van der Waals surface area contributed by atoms with Gasteiger partial charge in [0.05, 0.1) is 6.20 Å². The van der Waals surface area contributed by atoms with Crippen LogP contribution in [0.4, 0.5) is 0 Å². The van der Waals surface area contributed by atoms with Gasteiger partial charge in [-0.15, -0.1) is 0 Å². The van der Waals surface area contributed by atoms with Crippen molar-refractivity contribution in [2.45, 2.75) is 31.3 Å². The molecule has 0 aliphatic rings. The molecule has 8 nitrogen and oxygen atoms in total. The summed E-state index contributed by atoms with van der Waals surface area (Å²) in [4.78, 5) is 4.24. The number of hydrogen-bond donors (Lipinski definition) is 2. The second-order valence-corrected chi connectivity index (χ2v) is 7.38. The Labute approximate surface area is 140 Å². The standard InChI is InChI=1S/C15H18N6O2S/c1-11(2)21-9-14(8-18-21)24(22,23)19-7-12-4-3-5-13(6-12)15-16-10-17-20-15/h3-6,8-11,19H,7H2,1-2H3,(H,16,17,20). The first-order chi connectivity index (χ1) is 11.5. The average Bonchev–Trinajstić information content (AvgIpc) is 3.25. The van der Waals surface area contributed by atoms with E-state index in [9.17, 15) is 8.42 Å². The lowest BCUT2D eigenvalue weighted by Gasteiger charge is -2.07. The van der Waals surface area contributed by atoms with Gasteiger partial charge in [0.2, 0.25) is 10.0 Å². The number of aromatic nitrogens is 5. The number of benzene rings is 1. The fraction of sp³-hybridized carbons (Fsp3) is 0.267. The minimum absolute atomic E-state index is 0.104. The predicted octanol–water partition coefficient (Wildman–Crippen LogP) is 1.73. The molecular weight excluding hydrogens is 328 g/mol. The molecule has 0 unspecified atom stereocenters. The normalized spacial score (nSPS) is 12.0. The Hall–Kier alpha value is -2.52. The molecule has 2 heterocycles. The van der Waals surface area contributed by atoms with Crippen molar-refractivity contribution in [2.24, 2.45) is 0 Å². The van der Waals surface area contributed by atoms with E-state index in [2.05, 4.69) is 25.0 Å². The van der Waals surface area contributed by atoms with Crippen molar-refractivity contribution >= 4 is 10.0 Å². The highest BCUT2D eigenvalue weighted by Crippen LogP contribution is 2.16. The van der Waals surface area contributed by atoms with Crippen LogP contribution in [0, 0.1) is 0 Å². The minimum Gasteiger partial charge on any atom is -0.269 e. The molecule has 0 saturated heterocycles. The van der Waals surface area contributed by atoms with Crippen LogP contribution in [0.25, 0.3) is 11.4 Å². The molecular formula is C15H18N6O2S. The van der Waals surface area contributed by atoms with Crippen LogP contribution in [0.5, 0.6) is 0 Å². The maximum Gasteiger partial charge on any atom is 0.243 e. The van der Waals surface area contributed by atoms with Gasteiger partial charge in [-0.1, -0.05) is 18.2 Å². The molecule has 0 radical (unpaired) electrons. The maximum absolute atomic E-state index is 12.4. The van der Waals surface area contributed by atoms with Crippen molar-refractivity contribution in [1.29, 1.82) is 0 Å². The van der Waals surface area contributed by atoms with E-state index in [1.807, 2.05) is 38.1 Å². The fourth-order valence-corrected chi connectivity index (χ4v) is 3.13. The molecule has 3 rings (SSSR count). The van der Waals surface area contributed by atoms with Crippen molar-refractivity contribution < 1.29 is 8.42 Å². The van der Waals surface area contributed by atoms with E-state index >= 15 is 0 Å². The Kier molecular flexibility index (Phi) is 4.45. The van der Waals surface area contributed by atoms with Gasteiger partial charge in [-0.3, -0.25) is 9.78 Å². The zero-order valence-electron chi connectivity index (χ0n) is 13.3. The first-order valence-electron chi connectivity index (χ1n) is 7.44. The monoisotopic (exact) mass is 346 g/mol. The molecule has 2 N–H and O–H groups in total. The molecule has 0 atom stereocenters. The van der Waals surface area contributed by atoms with Gasteiger partial charge in [-0.25, -0.2) is 18.1 Å². The molecule has 9 heteroatoms. The van der Waals surface area contributed by atoms with Crippen LogP contribution in [0.2, 0.25) is 0 Å². The van der Waals surface area contributed by atoms with Gasteiger partial charge in [-0.2, -0.15) is 10.2 Å². The third kappa shape index (κ3) is 3.52. The molecule has 0 aliphatic carbocycles. The number of sulfonamides is 1. The summed E-state index contributed by atoms with van der Waals surface area (Å²) in [6.45, 7) is 4.05. The lowest BCUT2D eigenvalue weighted by molar-refractivity contribution is 0.531.